The summed E-state index contributed by atoms with van der Waals surface area (Å²) in [6.07, 6.45) is 1.23. The molecule has 0 saturated carbocycles. The Labute approximate surface area is 98.0 Å². The van der Waals surface area contributed by atoms with Gasteiger partial charge in [0.15, 0.2) is 8.32 Å². The molecule has 1 heterocycles. The Hall–Kier alpha value is -0.743. The molecule has 0 bridgehead atoms. The third-order valence-electron chi connectivity index (χ3n) is 3.18. The number of hydrogen-bond donors (Lipinski definition) is 0. The fourth-order valence-corrected chi connectivity index (χ4v) is 1.90. The summed E-state index contributed by atoms with van der Waals surface area (Å²) in [5.74, 6) is -0.309. The van der Waals surface area contributed by atoms with Crippen molar-refractivity contribution in [3.05, 3.63) is 29.8 Å². The smallest absolute Gasteiger partial charge is 0.192 e. The summed E-state index contributed by atoms with van der Waals surface area (Å²) in [7, 11) is -1.74. The van der Waals surface area contributed by atoms with Crippen LogP contribution in [0.5, 0.6) is 0 Å². The molecular formula is C12H20FNOSi. The van der Waals surface area contributed by atoms with E-state index in [1.54, 1.807) is 6.07 Å². The fraction of sp³-hybridized carbons (Fsp3) is 0.583. The van der Waals surface area contributed by atoms with Crippen LogP contribution in [0.1, 0.15) is 26.5 Å². The first-order chi connectivity index (χ1) is 7.22. The maximum absolute atomic E-state index is 12.7. The zero-order chi connectivity index (χ0) is 12.4. The lowest BCUT2D eigenvalue weighted by Gasteiger charge is -2.36. The molecule has 1 aromatic rings. The maximum atomic E-state index is 12.7. The van der Waals surface area contributed by atoms with Crippen LogP contribution in [-0.4, -0.2) is 13.3 Å². The van der Waals surface area contributed by atoms with Gasteiger partial charge in [0.1, 0.15) is 5.82 Å². The molecule has 2 nitrogen and oxygen atoms in total. The second kappa shape index (κ2) is 4.63. The van der Waals surface area contributed by atoms with Gasteiger partial charge in [0.25, 0.3) is 0 Å². The molecule has 0 saturated heterocycles. The Balaban J connectivity index is 2.61. The molecule has 0 spiro atoms. The minimum absolute atomic E-state index is 0.188. The van der Waals surface area contributed by atoms with E-state index in [-0.39, 0.29) is 10.9 Å². The zero-order valence-corrected chi connectivity index (χ0v) is 11.7. The van der Waals surface area contributed by atoms with Gasteiger partial charge in [0, 0.05) is 0 Å². The number of nitrogens with zero attached hydrogens (tertiary/aromatic N) is 1. The first kappa shape index (κ1) is 13.3. The monoisotopic (exact) mass is 241 g/mol. The second-order valence-corrected chi connectivity index (χ2v) is 10.3. The van der Waals surface area contributed by atoms with Crippen molar-refractivity contribution in [3.8, 4) is 0 Å². The largest absolute Gasteiger partial charge is 0.411 e. The van der Waals surface area contributed by atoms with Crippen molar-refractivity contribution in [1.29, 1.82) is 0 Å². The van der Waals surface area contributed by atoms with Gasteiger partial charge in [-0.3, -0.25) is 4.98 Å². The molecule has 0 unspecified atom stereocenters. The van der Waals surface area contributed by atoms with E-state index in [1.165, 1.54) is 12.3 Å². The molecule has 0 aliphatic rings. The topological polar surface area (TPSA) is 22.1 Å². The molecule has 16 heavy (non-hydrogen) atoms. The van der Waals surface area contributed by atoms with Crippen LogP contribution in [0.15, 0.2) is 18.3 Å². The first-order valence-electron chi connectivity index (χ1n) is 5.47. The summed E-state index contributed by atoms with van der Waals surface area (Å²) >= 11 is 0. The van der Waals surface area contributed by atoms with Gasteiger partial charge in [-0.2, -0.15) is 0 Å². The molecule has 1 aromatic heterocycles. The molecule has 1 rings (SSSR count). The molecule has 90 valence electrons. The Morgan fingerprint density at radius 2 is 1.94 bits per heavy atom. The van der Waals surface area contributed by atoms with Crippen molar-refractivity contribution in [1.82, 2.24) is 4.98 Å². The average Bonchev–Trinajstić information content (AvgIpc) is 2.15. The van der Waals surface area contributed by atoms with Gasteiger partial charge < -0.3 is 4.43 Å². The lowest BCUT2D eigenvalue weighted by Crippen LogP contribution is -2.40. The minimum atomic E-state index is -1.74. The predicted octanol–water partition coefficient (Wildman–Crippen LogP) is 3.74. The summed E-state index contributed by atoms with van der Waals surface area (Å²) in [6.45, 7) is 11.4. The SMILES string of the molecule is CC(C)(C)[Si](C)(C)OCc1ccc(F)cn1. The minimum Gasteiger partial charge on any atom is -0.411 e. The lowest BCUT2D eigenvalue weighted by molar-refractivity contribution is 0.272. The number of pyridine rings is 1. The summed E-state index contributed by atoms with van der Waals surface area (Å²) in [4.78, 5) is 3.99. The van der Waals surface area contributed by atoms with Gasteiger partial charge in [0.05, 0.1) is 18.5 Å². The molecule has 0 N–H and O–H groups in total. The molecule has 0 atom stereocenters. The van der Waals surface area contributed by atoms with Gasteiger partial charge in [0.2, 0.25) is 0 Å². The van der Waals surface area contributed by atoms with E-state index < -0.39 is 8.32 Å². The summed E-state index contributed by atoms with van der Waals surface area (Å²) in [5, 5.41) is 0.188. The third-order valence-corrected chi connectivity index (χ3v) is 7.65. The molecule has 0 aliphatic heterocycles. The second-order valence-electron chi connectivity index (χ2n) is 5.52. The van der Waals surface area contributed by atoms with Crippen molar-refractivity contribution in [2.45, 2.75) is 45.5 Å². The molecule has 0 amide bonds. The van der Waals surface area contributed by atoms with E-state index in [4.69, 9.17) is 4.43 Å². The quantitative estimate of drug-likeness (QED) is 0.752. The number of halogens is 1. The van der Waals surface area contributed by atoms with Crippen molar-refractivity contribution >= 4 is 8.32 Å². The van der Waals surface area contributed by atoms with Crippen LogP contribution in [0.2, 0.25) is 18.1 Å². The molecule has 0 radical (unpaired) electrons. The fourth-order valence-electron chi connectivity index (χ4n) is 0.963. The molecular weight excluding hydrogens is 221 g/mol. The maximum Gasteiger partial charge on any atom is 0.192 e. The summed E-state index contributed by atoms with van der Waals surface area (Å²) in [6, 6.07) is 3.08. The Bertz CT molecular complexity index is 343. The van der Waals surface area contributed by atoms with Crippen molar-refractivity contribution in [3.63, 3.8) is 0 Å². The van der Waals surface area contributed by atoms with Gasteiger partial charge in [-0.25, -0.2) is 4.39 Å². The number of hydrogen-bond acceptors (Lipinski definition) is 2. The molecule has 0 fully saturated rings. The standard InChI is InChI=1S/C12H20FNOSi/c1-12(2,3)16(4,5)15-9-11-7-6-10(13)8-14-11/h6-8H,9H2,1-5H3. The van der Waals surface area contributed by atoms with Crippen molar-refractivity contribution in [2.24, 2.45) is 0 Å². The van der Waals surface area contributed by atoms with Gasteiger partial charge >= 0.3 is 0 Å². The van der Waals surface area contributed by atoms with E-state index in [0.717, 1.165) is 5.69 Å². The van der Waals surface area contributed by atoms with Crippen LogP contribution in [0.25, 0.3) is 0 Å². The van der Waals surface area contributed by atoms with E-state index in [1.807, 2.05) is 0 Å². The van der Waals surface area contributed by atoms with E-state index in [0.29, 0.717) is 6.61 Å². The normalized spacial score (nSPS) is 12.9. The average molecular weight is 241 g/mol. The van der Waals surface area contributed by atoms with Gasteiger partial charge in [-0.15, -0.1) is 0 Å². The van der Waals surface area contributed by atoms with Crippen molar-refractivity contribution < 1.29 is 8.82 Å². The van der Waals surface area contributed by atoms with E-state index in [2.05, 4.69) is 38.8 Å². The van der Waals surface area contributed by atoms with Crippen LogP contribution in [0.4, 0.5) is 4.39 Å². The molecule has 4 heteroatoms. The van der Waals surface area contributed by atoms with Gasteiger partial charge in [-0.1, -0.05) is 20.8 Å². The highest BCUT2D eigenvalue weighted by atomic mass is 28.4. The summed E-state index contributed by atoms with van der Waals surface area (Å²) < 4.78 is 18.6. The highest BCUT2D eigenvalue weighted by Crippen LogP contribution is 2.36. The van der Waals surface area contributed by atoms with Crippen LogP contribution < -0.4 is 0 Å². The first-order valence-corrected chi connectivity index (χ1v) is 8.37. The predicted molar refractivity (Wildman–Crippen MR) is 66.2 cm³/mol. The molecule has 0 aliphatic carbocycles. The number of rotatable bonds is 3. The van der Waals surface area contributed by atoms with Crippen LogP contribution in [0.3, 0.4) is 0 Å². The van der Waals surface area contributed by atoms with Gasteiger partial charge in [-0.05, 0) is 30.3 Å². The van der Waals surface area contributed by atoms with E-state index in [9.17, 15) is 4.39 Å². The Kier molecular flexibility index (Phi) is 3.86. The Morgan fingerprint density at radius 1 is 1.31 bits per heavy atom. The lowest BCUT2D eigenvalue weighted by atomic mass is 10.2. The van der Waals surface area contributed by atoms with Crippen LogP contribution >= 0.6 is 0 Å². The highest BCUT2D eigenvalue weighted by Gasteiger charge is 2.37. The highest BCUT2D eigenvalue weighted by molar-refractivity contribution is 6.74. The Morgan fingerprint density at radius 3 is 2.38 bits per heavy atom. The number of aromatic nitrogens is 1. The molecule has 0 aromatic carbocycles. The third kappa shape index (κ3) is 3.38. The van der Waals surface area contributed by atoms with Crippen LogP contribution in [0, 0.1) is 5.82 Å². The van der Waals surface area contributed by atoms with E-state index >= 15 is 0 Å². The summed E-state index contributed by atoms with van der Waals surface area (Å²) in [5.41, 5.74) is 0.784. The van der Waals surface area contributed by atoms with Crippen LogP contribution in [-0.2, 0) is 11.0 Å². The zero-order valence-electron chi connectivity index (χ0n) is 10.7. The van der Waals surface area contributed by atoms with Crippen molar-refractivity contribution in [2.75, 3.05) is 0 Å².